The summed E-state index contributed by atoms with van der Waals surface area (Å²) in [6, 6.07) is 29.9. The van der Waals surface area contributed by atoms with Crippen LogP contribution in [0.2, 0.25) is 0 Å². The van der Waals surface area contributed by atoms with Crippen LogP contribution in [0.3, 0.4) is 0 Å². The molecule has 0 bridgehead atoms. The van der Waals surface area contributed by atoms with E-state index in [0.29, 0.717) is 48.1 Å². The molecule has 58 heavy (non-hydrogen) atoms. The molecule has 5 aliphatic heterocycles. The fourth-order valence-corrected chi connectivity index (χ4v) is 12.0. The number of benzene rings is 4. The Morgan fingerprint density at radius 1 is 0.845 bits per heavy atom. The maximum atomic E-state index is 13.4. The summed E-state index contributed by atoms with van der Waals surface area (Å²) >= 11 is 0. The van der Waals surface area contributed by atoms with Crippen molar-refractivity contribution in [1.29, 1.82) is 0 Å². The third-order valence-electron chi connectivity index (χ3n) is 14.7. The summed E-state index contributed by atoms with van der Waals surface area (Å²) in [5, 5.41) is 12.7. The number of anilines is 2. The fraction of sp³-hybridized carbons (Fsp3) is 0.438. The van der Waals surface area contributed by atoms with Gasteiger partial charge in [-0.25, -0.2) is 0 Å². The SMILES string of the molecule is O=C1CC[C@H](N2Cc3c(ccc4c3OC[C@H]3CN(CC5CCC6(C5)CN(c5ccc([C@@H]7c8ccc(O)cc8CC[C@@H]7c7ccccc7)cc5)C6)CCN43)C2=O)C(=O)N1. The van der Waals surface area contributed by atoms with Gasteiger partial charge in [0.25, 0.3) is 5.91 Å². The summed E-state index contributed by atoms with van der Waals surface area (Å²) in [6.45, 7) is 7.22. The summed E-state index contributed by atoms with van der Waals surface area (Å²) in [4.78, 5) is 47.1. The molecule has 7 aliphatic rings. The molecule has 4 aromatic carbocycles. The number of carbonyl (C=O) groups is 3. The van der Waals surface area contributed by atoms with E-state index < -0.39 is 6.04 Å². The molecule has 2 aliphatic carbocycles. The van der Waals surface area contributed by atoms with Gasteiger partial charge >= 0.3 is 0 Å². The summed E-state index contributed by atoms with van der Waals surface area (Å²) in [6.07, 6.45) is 6.53. The molecule has 0 radical (unpaired) electrons. The highest BCUT2D eigenvalue weighted by atomic mass is 16.5. The number of nitrogens with one attached hydrogen (secondary N) is 1. The van der Waals surface area contributed by atoms with Gasteiger partial charge in [-0.05, 0) is 109 Å². The molecule has 3 saturated heterocycles. The molecular formula is C48H51N5O5. The van der Waals surface area contributed by atoms with Crippen LogP contribution in [0.5, 0.6) is 11.5 Å². The van der Waals surface area contributed by atoms with E-state index in [4.69, 9.17) is 4.74 Å². The van der Waals surface area contributed by atoms with Gasteiger partial charge in [0.2, 0.25) is 11.8 Å². The number of amides is 3. The standard InChI is InChI=1S/C48H51N5O5/c54-36-11-13-38-33(22-36)8-12-37(31-4-2-1-3-5-31)44(38)32-6-9-34(10-7-32)51-28-48(29-51)19-18-30(23-48)24-50-20-21-52-35(25-50)27-58-45-40-26-53(42-16-17-43(55)49-46(42)56)47(57)39(40)14-15-41(45)52/h1-7,9-11,13-15,22,30,35,37,42,44,54H,8,12,16-21,23-29H2,(H,49,55,56)/t30?,35-,37-,42+,44+/m1/s1. The van der Waals surface area contributed by atoms with E-state index >= 15 is 0 Å². The van der Waals surface area contributed by atoms with Crippen molar-refractivity contribution in [3.8, 4) is 11.5 Å². The average molecular weight is 778 g/mol. The largest absolute Gasteiger partial charge is 0.508 e. The van der Waals surface area contributed by atoms with Crippen LogP contribution >= 0.6 is 0 Å². The number of phenolic OH excluding ortho intramolecular Hbond substituents is 1. The van der Waals surface area contributed by atoms with Crippen molar-refractivity contribution in [3.05, 3.63) is 118 Å². The van der Waals surface area contributed by atoms with Crippen LogP contribution in [0.15, 0.2) is 84.9 Å². The van der Waals surface area contributed by atoms with Crippen LogP contribution in [-0.2, 0) is 22.6 Å². The molecule has 298 valence electrons. The number of hydrogen-bond donors (Lipinski definition) is 2. The summed E-state index contributed by atoms with van der Waals surface area (Å²) in [5.74, 6) is 1.69. The first-order valence-electron chi connectivity index (χ1n) is 21.4. The first-order valence-corrected chi connectivity index (χ1v) is 21.4. The highest BCUT2D eigenvalue weighted by Gasteiger charge is 2.49. The highest BCUT2D eigenvalue weighted by molar-refractivity contribution is 6.06. The van der Waals surface area contributed by atoms with Crippen LogP contribution in [0, 0.1) is 11.3 Å². The van der Waals surface area contributed by atoms with E-state index in [2.05, 4.69) is 80.7 Å². The monoisotopic (exact) mass is 777 g/mol. The molecular weight excluding hydrogens is 727 g/mol. The van der Waals surface area contributed by atoms with Gasteiger partial charge in [-0.1, -0.05) is 48.5 Å². The molecule has 4 aromatic rings. The van der Waals surface area contributed by atoms with Gasteiger partial charge in [-0.3, -0.25) is 24.6 Å². The Kier molecular flexibility index (Phi) is 8.57. The summed E-state index contributed by atoms with van der Waals surface area (Å²) in [7, 11) is 0. The zero-order valence-electron chi connectivity index (χ0n) is 32.9. The second-order valence-electron chi connectivity index (χ2n) is 18.2. The van der Waals surface area contributed by atoms with Crippen LogP contribution in [0.4, 0.5) is 11.4 Å². The minimum atomic E-state index is -0.630. The Balaban J connectivity index is 0.708. The number of piperazine rings is 1. The van der Waals surface area contributed by atoms with Gasteiger partial charge in [-0.15, -0.1) is 0 Å². The lowest BCUT2D eigenvalue weighted by Gasteiger charge is -2.50. The maximum absolute atomic E-state index is 13.4. The Morgan fingerprint density at radius 3 is 2.52 bits per heavy atom. The lowest BCUT2D eigenvalue weighted by Crippen LogP contribution is -2.58. The molecule has 0 aromatic heterocycles. The number of hydrogen-bond acceptors (Lipinski definition) is 8. The van der Waals surface area contributed by atoms with Gasteiger partial charge in [0, 0.05) is 73.8 Å². The molecule has 5 atom stereocenters. The summed E-state index contributed by atoms with van der Waals surface area (Å²) < 4.78 is 6.47. The number of fused-ring (bicyclic) bond motifs is 6. The van der Waals surface area contributed by atoms with E-state index in [0.717, 1.165) is 69.1 Å². The van der Waals surface area contributed by atoms with Crippen molar-refractivity contribution in [2.45, 2.75) is 75.4 Å². The molecule has 11 rings (SSSR count). The molecule has 1 spiro atoms. The van der Waals surface area contributed by atoms with Crippen LogP contribution in [-0.4, -0.2) is 90.6 Å². The zero-order chi connectivity index (χ0) is 39.1. The third-order valence-corrected chi connectivity index (χ3v) is 14.7. The molecule has 5 heterocycles. The minimum Gasteiger partial charge on any atom is -0.508 e. The third kappa shape index (κ3) is 6.05. The number of aryl methyl sites for hydroxylation is 1. The molecule has 10 nitrogen and oxygen atoms in total. The van der Waals surface area contributed by atoms with Gasteiger partial charge in [0.15, 0.2) is 0 Å². The van der Waals surface area contributed by atoms with E-state index in [-0.39, 0.29) is 36.1 Å². The van der Waals surface area contributed by atoms with Crippen molar-refractivity contribution < 1.29 is 24.2 Å². The number of imide groups is 1. The normalized spacial score (nSPS) is 27.3. The molecule has 1 unspecified atom stereocenters. The highest BCUT2D eigenvalue weighted by Crippen LogP contribution is 2.51. The van der Waals surface area contributed by atoms with Crippen molar-refractivity contribution in [2.24, 2.45) is 11.3 Å². The number of carbonyl (C=O) groups excluding carboxylic acids is 3. The molecule has 4 fully saturated rings. The first-order chi connectivity index (χ1) is 28.3. The molecule has 2 N–H and O–H groups in total. The zero-order valence-corrected chi connectivity index (χ0v) is 32.9. The van der Waals surface area contributed by atoms with Gasteiger partial charge in [0.1, 0.15) is 24.1 Å². The first kappa shape index (κ1) is 35.8. The van der Waals surface area contributed by atoms with Crippen LogP contribution in [0.1, 0.15) is 88.5 Å². The molecule has 10 heteroatoms. The number of aromatic hydroxyl groups is 1. The van der Waals surface area contributed by atoms with Gasteiger partial charge in [-0.2, -0.15) is 0 Å². The smallest absolute Gasteiger partial charge is 0.255 e. The predicted molar refractivity (Wildman–Crippen MR) is 221 cm³/mol. The quantitative estimate of drug-likeness (QED) is 0.223. The Bertz CT molecular complexity index is 2290. The lowest BCUT2D eigenvalue weighted by atomic mass is 9.69. The van der Waals surface area contributed by atoms with E-state index in [1.54, 1.807) is 4.90 Å². The van der Waals surface area contributed by atoms with Crippen molar-refractivity contribution in [3.63, 3.8) is 0 Å². The van der Waals surface area contributed by atoms with Crippen molar-refractivity contribution in [1.82, 2.24) is 15.1 Å². The number of rotatable bonds is 6. The predicted octanol–water partition coefficient (Wildman–Crippen LogP) is 6.20. The van der Waals surface area contributed by atoms with Crippen LogP contribution in [0.25, 0.3) is 0 Å². The Hall–Kier alpha value is -5.35. The lowest BCUT2D eigenvalue weighted by molar-refractivity contribution is -0.136. The van der Waals surface area contributed by atoms with Crippen molar-refractivity contribution >= 4 is 29.1 Å². The van der Waals surface area contributed by atoms with Crippen LogP contribution < -0.4 is 19.9 Å². The Labute approximate surface area is 339 Å². The second kappa shape index (κ2) is 13.9. The topological polar surface area (TPSA) is 106 Å². The number of ether oxygens (including phenoxy) is 1. The minimum absolute atomic E-state index is 0.161. The molecule has 1 saturated carbocycles. The van der Waals surface area contributed by atoms with E-state index in [1.165, 1.54) is 47.2 Å². The van der Waals surface area contributed by atoms with Crippen molar-refractivity contribution in [2.75, 3.05) is 55.7 Å². The average Bonchev–Trinajstić information content (AvgIpc) is 3.81. The Morgan fingerprint density at radius 2 is 1.69 bits per heavy atom. The second-order valence-corrected chi connectivity index (χ2v) is 18.2. The number of nitrogens with zero attached hydrogens (tertiary/aromatic N) is 4. The maximum Gasteiger partial charge on any atom is 0.255 e. The fourth-order valence-electron chi connectivity index (χ4n) is 12.0. The van der Waals surface area contributed by atoms with Gasteiger partial charge in [0.05, 0.1) is 18.3 Å². The number of piperidine rings is 1. The molecule has 3 amide bonds. The summed E-state index contributed by atoms with van der Waals surface area (Å²) in [5.41, 5.74) is 9.60. The van der Waals surface area contributed by atoms with E-state index in [1.807, 2.05) is 24.3 Å². The van der Waals surface area contributed by atoms with Gasteiger partial charge < -0.3 is 24.5 Å². The van der Waals surface area contributed by atoms with E-state index in [9.17, 15) is 19.5 Å². The number of phenols is 1.